The topological polar surface area (TPSA) is 88.6 Å². The van der Waals surface area contributed by atoms with Crippen LogP contribution in [0.5, 0.6) is 5.75 Å². The van der Waals surface area contributed by atoms with Crippen LogP contribution in [0.2, 0.25) is 0 Å². The number of ether oxygens (including phenoxy) is 2. The standard InChI is InChI=1S/C20H25N5O3/c1-27-18-5-2-16(3-6-18)4-7-20(26)22-9-8-21-19-14-17(15-23-24-19)25-10-12-28-13-11-25/h2-7,14-15H,8-13H2,1H3,(H,21,24)(H,22,26)/b7-4+. The number of hydrogen-bond acceptors (Lipinski definition) is 7. The van der Waals surface area contributed by atoms with E-state index >= 15 is 0 Å². The summed E-state index contributed by atoms with van der Waals surface area (Å²) in [5, 5.41) is 14.1. The molecule has 1 fully saturated rings. The van der Waals surface area contributed by atoms with Gasteiger partial charge in [-0.05, 0) is 23.8 Å². The summed E-state index contributed by atoms with van der Waals surface area (Å²) in [7, 11) is 1.62. The Morgan fingerprint density at radius 2 is 2.04 bits per heavy atom. The number of morpholine rings is 1. The lowest BCUT2D eigenvalue weighted by Gasteiger charge is -2.28. The van der Waals surface area contributed by atoms with Crippen LogP contribution in [0.4, 0.5) is 11.5 Å². The molecule has 3 rings (SSSR count). The van der Waals surface area contributed by atoms with Gasteiger partial charge in [0.1, 0.15) is 5.75 Å². The summed E-state index contributed by atoms with van der Waals surface area (Å²) in [5.74, 6) is 1.33. The number of aromatic nitrogens is 2. The average molecular weight is 383 g/mol. The van der Waals surface area contributed by atoms with Gasteiger partial charge in [-0.2, -0.15) is 5.10 Å². The molecule has 148 valence electrons. The smallest absolute Gasteiger partial charge is 0.244 e. The highest BCUT2D eigenvalue weighted by molar-refractivity contribution is 5.91. The van der Waals surface area contributed by atoms with Crippen LogP contribution in [0.1, 0.15) is 5.56 Å². The molecule has 0 radical (unpaired) electrons. The molecule has 0 unspecified atom stereocenters. The Morgan fingerprint density at radius 1 is 1.25 bits per heavy atom. The van der Waals surface area contributed by atoms with E-state index in [1.807, 2.05) is 30.3 Å². The van der Waals surface area contributed by atoms with Crippen LogP contribution >= 0.6 is 0 Å². The Bertz CT molecular complexity index is 789. The van der Waals surface area contributed by atoms with Crippen LogP contribution in [-0.2, 0) is 9.53 Å². The van der Waals surface area contributed by atoms with E-state index in [-0.39, 0.29) is 5.91 Å². The Balaban J connectivity index is 1.40. The number of nitrogens with one attached hydrogen (secondary N) is 2. The summed E-state index contributed by atoms with van der Waals surface area (Å²) < 4.78 is 10.5. The van der Waals surface area contributed by atoms with Crippen molar-refractivity contribution in [1.82, 2.24) is 15.5 Å². The minimum atomic E-state index is -0.147. The molecular formula is C20H25N5O3. The van der Waals surface area contributed by atoms with Crippen molar-refractivity contribution in [2.45, 2.75) is 0 Å². The van der Waals surface area contributed by atoms with Crippen molar-refractivity contribution >= 4 is 23.5 Å². The third kappa shape index (κ3) is 5.95. The van der Waals surface area contributed by atoms with Crippen LogP contribution in [0, 0.1) is 0 Å². The third-order valence-corrected chi connectivity index (χ3v) is 4.29. The number of hydrogen-bond donors (Lipinski definition) is 2. The number of anilines is 2. The Morgan fingerprint density at radius 3 is 2.79 bits per heavy atom. The quantitative estimate of drug-likeness (QED) is 0.528. The summed E-state index contributed by atoms with van der Waals surface area (Å²) in [6, 6.07) is 9.46. The Hall–Kier alpha value is -3.13. The average Bonchev–Trinajstić information content (AvgIpc) is 2.76. The van der Waals surface area contributed by atoms with Crippen LogP contribution in [0.3, 0.4) is 0 Å². The molecule has 8 nitrogen and oxygen atoms in total. The van der Waals surface area contributed by atoms with Crippen LogP contribution in [0.15, 0.2) is 42.6 Å². The first-order valence-electron chi connectivity index (χ1n) is 9.24. The van der Waals surface area contributed by atoms with Gasteiger partial charge in [0.25, 0.3) is 0 Å². The van der Waals surface area contributed by atoms with Gasteiger partial charge >= 0.3 is 0 Å². The predicted molar refractivity (Wildman–Crippen MR) is 109 cm³/mol. The molecule has 1 amide bonds. The largest absolute Gasteiger partial charge is 0.497 e. The zero-order chi connectivity index (χ0) is 19.6. The van der Waals surface area contributed by atoms with Gasteiger partial charge in [0.05, 0.1) is 32.2 Å². The van der Waals surface area contributed by atoms with E-state index in [1.165, 1.54) is 6.08 Å². The van der Waals surface area contributed by atoms with E-state index in [0.717, 1.165) is 43.3 Å². The van der Waals surface area contributed by atoms with E-state index < -0.39 is 0 Å². The van der Waals surface area contributed by atoms with Gasteiger partial charge in [-0.25, -0.2) is 0 Å². The highest BCUT2D eigenvalue weighted by Gasteiger charge is 2.12. The van der Waals surface area contributed by atoms with Crippen molar-refractivity contribution in [3.63, 3.8) is 0 Å². The van der Waals surface area contributed by atoms with Gasteiger partial charge in [0, 0.05) is 38.3 Å². The summed E-state index contributed by atoms with van der Waals surface area (Å²) in [6.45, 7) is 4.18. The number of benzene rings is 1. The molecule has 1 saturated heterocycles. The van der Waals surface area contributed by atoms with E-state index in [9.17, 15) is 4.79 Å². The third-order valence-electron chi connectivity index (χ3n) is 4.29. The monoisotopic (exact) mass is 383 g/mol. The van der Waals surface area contributed by atoms with E-state index in [0.29, 0.717) is 18.9 Å². The lowest BCUT2D eigenvalue weighted by Crippen LogP contribution is -2.36. The fourth-order valence-corrected chi connectivity index (χ4v) is 2.76. The molecule has 1 aromatic carbocycles. The predicted octanol–water partition coefficient (Wildman–Crippen LogP) is 1.56. The second kappa shape index (κ2) is 10.3. The van der Waals surface area contributed by atoms with Crippen molar-refractivity contribution in [3.05, 3.63) is 48.2 Å². The fourth-order valence-electron chi connectivity index (χ4n) is 2.76. The molecule has 1 aromatic heterocycles. The lowest BCUT2D eigenvalue weighted by molar-refractivity contribution is -0.116. The second-order valence-corrected chi connectivity index (χ2v) is 6.22. The minimum Gasteiger partial charge on any atom is -0.497 e. The number of amides is 1. The number of methoxy groups -OCH3 is 1. The molecular weight excluding hydrogens is 358 g/mol. The van der Waals surface area contributed by atoms with Gasteiger partial charge in [-0.15, -0.1) is 5.10 Å². The molecule has 0 bridgehead atoms. The molecule has 1 aliphatic heterocycles. The maximum atomic E-state index is 11.9. The molecule has 1 aliphatic rings. The molecule has 2 aromatic rings. The first-order valence-corrected chi connectivity index (χ1v) is 9.24. The molecule has 28 heavy (non-hydrogen) atoms. The normalized spacial score (nSPS) is 14.1. The van der Waals surface area contributed by atoms with Gasteiger partial charge in [0.15, 0.2) is 5.82 Å². The summed E-state index contributed by atoms with van der Waals surface area (Å²) in [5.41, 5.74) is 1.96. The molecule has 2 N–H and O–H groups in total. The minimum absolute atomic E-state index is 0.147. The number of carbonyl (C=O) groups excluding carboxylic acids is 1. The SMILES string of the molecule is COc1ccc(/C=C/C(=O)NCCNc2cc(N3CCOCC3)cnn2)cc1. The maximum Gasteiger partial charge on any atom is 0.244 e. The van der Waals surface area contributed by atoms with E-state index in [1.54, 1.807) is 19.4 Å². The van der Waals surface area contributed by atoms with Crippen molar-refractivity contribution in [3.8, 4) is 5.75 Å². The van der Waals surface area contributed by atoms with Crippen LogP contribution in [-0.4, -0.2) is 62.6 Å². The highest BCUT2D eigenvalue weighted by Crippen LogP contribution is 2.17. The fraction of sp³-hybridized carbons (Fsp3) is 0.350. The molecule has 8 heteroatoms. The highest BCUT2D eigenvalue weighted by atomic mass is 16.5. The van der Waals surface area contributed by atoms with Gasteiger partial charge < -0.3 is 25.0 Å². The summed E-state index contributed by atoms with van der Waals surface area (Å²) >= 11 is 0. The van der Waals surface area contributed by atoms with Crippen molar-refractivity contribution in [2.75, 3.05) is 56.7 Å². The number of rotatable bonds is 8. The van der Waals surface area contributed by atoms with Gasteiger partial charge in [-0.3, -0.25) is 4.79 Å². The molecule has 0 spiro atoms. The van der Waals surface area contributed by atoms with Gasteiger partial charge in [0.2, 0.25) is 5.91 Å². The number of carbonyl (C=O) groups is 1. The Kier molecular flexibility index (Phi) is 7.20. The first kappa shape index (κ1) is 19.6. The van der Waals surface area contributed by atoms with Crippen LogP contribution < -0.4 is 20.3 Å². The summed E-state index contributed by atoms with van der Waals surface area (Å²) in [4.78, 5) is 14.1. The Labute approximate surface area is 164 Å². The second-order valence-electron chi connectivity index (χ2n) is 6.22. The molecule has 0 saturated carbocycles. The van der Waals surface area contributed by atoms with Crippen molar-refractivity contribution in [2.24, 2.45) is 0 Å². The zero-order valence-corrected chi connectivity index (χ0v) is 15.9. The number of nitrogens with zero attached hydrogens (tertiary/aromatic N) is 3. The van der Waals surface area contributed by atoms with Crippen molar-refractivity contribution in [1.29, 1.82) is 0 Å². The summed E-state index contributed by atoms with van der Waals surface area (Å²) in [6.07, 6.45) is 5.03. The van der Waals surface area contributed by atoms with E-state index in [2.05, 4.69) is 25.7 Å². The molecule has 0 atom stereocenters. The van der Waals surface area contributed by atoms with Crippen molar-refractivity contribution < 1.29 is 14.3 Å². The molecule has 0 aliphatic carbocycles. The maximum absolute atomic E-state index is 11.9. The molecule has 2 heterocycles. The van der Waals surface area contributed by atoms with Crippen LogP contribution in [0.25, 0.3) is 6.08 Å². The first-order chi connectivity index (χ1) is 13.7. The van der Waals surface area contributed by atoms with Gasteiger partial charge in [-0.1, -0.05) is 12.1 Å². The lowest BCUT2D eigenvalue weighted by atomic mass is 10.2. The van der Waals surface area contributed by atoms with E-state index in [4.69, 9.17) is 9.47 Å². The zero-order valence-electron chi connectivity index (χ0n) is 15.9.